The van der Waals surface area contributed by atoms with Gasteiger partial charge in [-0.1, -0.05) is 69.3 Å². The van der Waals surface area contributed by atoms with Crippen molar-refractivity contribution < 1.29 is 19.1 Å². The van der Waals surface area contributed by atoms with Gasteiger partial charge in [0, 0.05) is 34.5 Å². The van der Waals surface area contributed by atoms with Gasteiger partial charge >= 0.3 is 12.0 Å². The summed E-state index contributed by atoms with van der Waals surface area (Å²) in [4.78, 5) is 29.6. The van der Waals surface area contributed by atoms with E-state index < -0.39 is 12.0 Å². The smallest absolute Gasteiger partial charge is 0.324 e. The fourth-order valence-electron chi connectivity index (χ4n) is 4.58. The van der Waals surface area contributed by atoms with Crippen LogP contribution >= 0.6 is 0 Å². The zero-order valence-corrected chi connectivity index (χ0v) is 25.5. The number of nitrogens with zero attached hydrogens (tertiary/aromatic N) is 3. The maximum atomic E-state index is 13.3. The average molecular weight is 590 g/mol. The second-order valence-corrected chi connectivity index (χ2v) is 11.6. The summed E-state index contributed by atoms with van der Waals surface area (Å²) in [5.74, 6) is 1.53. The number of aromatic nitrogens is 3. The minimum absolute atomic E-state index is 0.0111. The van der Waals surface area contributed by atoms with Crippen molar-refractivity contribution in [3.8, 4) is 17.2 Å². The first-order valence-corrected chi connectivity index (χ1v) is 14.2. The molecule has 0 unspecified atom stereocenters. The average Bonchev–Trinajstić information content (AvgIpc) is 3.39. The summed E-state index contributed by atoms with van der Waals surface area (Å²) < 4.78 is 13.0. The number of amides is 2. The van der Waals surface area contributed by atoms with E-state index >= 15 is 0 Å². The Kier molecular flexibility index (Phi) is 8.48. The Bertz CT molecular complexity index is 1850. The van der Waals surface area contributed by atoms with Crippen molar-refractivity contribution in [2.75, 3.05) is 10.6 Å². The lowest BCUT2D eigenvalue weighted by Crippen LogP contribution is -2.21. The highest BCUT2D eigenvalue weighted by Gasteiger charge is 2.22. The van der Waals surface area contributed by atoms with E-state index in [1.165, 1.54) is 0 Å². The lowest BCUT2D eigenvalue weighted by Gasteiger charge is -2.14. The number of pyridine rings is 1. The van der Waals surface area contributed by atoms with Gasteiger partial charge in [-0.05, 0) is 44.2 Å². The minimum Gasteiger partial charge on any atom is -0.457 e. The lowest BCUT2D eigenvalue weighted by molar-refractivity contribution is -0.138. The number of aryl methyl sites for hydroxylation is 1. The van der Waals surface area contributed by atoms with Crippen molar-refractivity contribution in [2.24, 2.45) is 0 Å². The fraction of sp³-hybridized carbons (Fsp3) is 0.200. The Labute approximate surface area is 256 Å². The van der Waals surface area contributed by atoms with Crippen molar-refractivity contribution in [1.82, 2.24) is 14.8 Å². The Morgan fingerprint density at radius 2 is 1.66 bits per heavy atom. The van der Waals surface area contributed by atoms with E-state index in [4.69, 9.17) is 14.6 Å². The predicted octanol–water partition coefficient (Wildman–Crippen LogP) is 8.08. The van der Waals surface area contributed by atoms with Gasteiger partial charge in [-0.2, -0.15) is 5.10 Å². The third-order valence-electron chi connectivity index (χ3n) is 6.76. The molecule has 3 aromatic carbocycles. The van der Waals surface area contributed by atoms with E-state index in [9.17, 15) is 9.59 Å². The zero-order valence-electron chi connectivity index (χ0n) is 25.5. The molecule has 2 heterocycles. The number of ether oxygens (including phenoxy) is 2. The summed E-state index contributed by atoms with van der Waals surface area (Å²) in [5.41, 5.74) is 3.75. The third-order valence-corrected chi connectivity index (χ3v) is 6.76. The van der Waals surface area contributed by atoms with Crippen LogP contribution in [0.4, 0.5) is 16.3 Å². The molecule has 0 spiro atoms. The standard InChI is InChI=1S/C35H35N5O4/c1-22(2)43-33(41)20-24-19-26(17-18-36-24)44-30-16-15-29(27-9-7-8-10-28(27)30)37-34(42)38-32-21-31(35(4,5)6)39-40(32)25-13-11-23(3)12-14-25/h7-19,21H,1,20H2,2-6H3,(H2,37,38,42). The summed E-state index contributed by atoms with van der Waals surface area (Å²) in [6.45, 7) is 13.5. The molecule has 0 radical (unpaired) electrons. The molecule has 0 saturated heterocycles. The quantitative estimate of drug-likeness (QED) is 0.140. The largest absolute Gasteiger partial charge is 0.457 e. The number of carbonyl (C=O) groups is 2. The van der Waals surface area contributed by atoms with Crippen LogP contribution in [0.3, 0.4) is 0 Å². The molecule has 0 bridgehead atoms. The molecule has 0 fully saturated rings. The summed E-state index contributed by atoms with van der Waals surface area (Å²) in [5, 5.41) is 12.4. The third kappa shape index (κ3) is 7.12. The van der Waals surface area contributed by atoms with Crippen molar-refractivity contribution in [3.63, 3.8) is 0 Å². The van der Waals surface area contributed by atoms with E-state index in [2.05, 4.69) is 43.0 Å². The van der Waals surface area contributed by atoms with Gasteiger partial charge in [0.1, 0.15) is 17.3 Å². The first-order valence-electron chi connectivity index (χ1n) is 14.2. The van der Waals surface area contributed by atoms with Crippen LogP contribution in [0.15, 0.2) is 97.4 Å². The summed E-state index contributed by atoms with van der Waals surface area (Å²) in [6, 6.07) is 24.1. The molecule has 2 aromatic heterocycles. The topological polar surface area (TPSA) is 107 Å². The van der Waals surface area contributed by atoms with Gasteiger partial charge < -0.3 is 14.8 Å². The van der Waals surface area contributed by atoms with Gasteiger partial charge in [-0.3, -0.25) is 15.1 Å². The first-order chi connectivity index (χ1) is 21.0. The van der Waals surface area contributed by atoms with Gasteiger partial charge in [-0.25, -0.2) is 9.48 Å². The summed E-state index contributed by atoms with van der Waals surface area (Å²) in [6.07, 6.45) is 1.57. The number of benzene rings is 3. The monoisotopic (exact) mass is 589 g/mol. The van der Waals surface area contributed by atoms with E-state index in [-0.39, 0.29) is 11.8 Å². The van der Waals surface area contributed by atoms with Gasteiger partial charge in [0.05, 0.1) is 34.9 Å². The highest BCUT2D eigenvalue weighted by molar-refractivity contribution is 6.07. The Morgan fingerprint density at radius 3 is 2.36 bits per heavy atom. The maximum Gasteiger partial charge on any atom is 0.324 e. The molecule has 44 heavy (non-hydrogen) atoms. The molecule has 9 nitrogen and oxygen atoms in total. The Balaban J connectivity index is 1.37. The number of hydrogen-bond acceptors (Lipinski definition) is 6. The molecule has 0 atom stereocenters. The second kappa shape index (κ2) is 12.4. The van der Waals surface area contributed by atoms with E-state index in [0.29, 0.717) is 34.5 Å². The molecule has 2 amide bonds. The summed E-state index contributed by atoms with van der Waals surface area (Å²) in [7, 11) is 0. The number of fused-ring (bicyclic) bond motifs is 1. The van der Waals surface area contributed by atoms with Crippen LogP contribution in [-0.2, 0) is 21.4 Å². The van der Waals surface area contributed by atoms with E-state index in [1.54, 1.807) is 42.1 Å². The molecule has 224 valence electrons. The van der Waals surface area contributed by atoms with Crippen molar-refractivity contribution in [1.29, 1.82) is 0 Å². The number of allylic oxidation sites excluding steroid dienone is 1. The molecular formula is C35H35N5O4. The number of esters is 1. The lowest BCUT2D eigenvalue weighted by atomic mass is 9.92. The Morgan fingerprint density at radius 1 is 0.932 bits per heavy atom. The van der Waals surface area contributed by atoms with Crippen molar-refractivity contribution in [3.05, 3.63) is 114 Å². The number of hydrogen-bond donors (Lipinski definition) is 2. The molecule has 0 saturated carbocycles. The minimum atomic E-state index is -0.446. The molecule has 9 heteroatoms. The fourth-order valence-corrected chi connectivity index (χ4v) is 4.58. The second-order valence-electron chi connectivity index (χ2n) is 11.6. The number of anilines is 2. The van der Waals surface area contributed by atoms with Gasteiger partial charge in [0.15, 0.2) is 0 Å². The molecule has 2 N–H and O–H groups in total. The number of rotatable bonds is 8. The van der Waals surface area contributed by atoms with Gasteiger partial charge in [-0.15, -0.1) is 0 Å². The predicted molar refractivity (Wildman–Crippen MR) is 173 cm³/mol. The van der Waals surface area contributed by atoms with Crippen molar-refractivity contribution >= 4 is 34.3 Å². The highest BCUT2D eigenvalue weighted by atomic mass is 16.5. The van der Waals surface area contributed by atoms with Gasteiger partial charge in [0.25, 0.3) is 0 Å². The number of nitrogens with one attached hydrogen (secondary N) is 2. The number of carbonyl (C=O) groups excluding carboxylic acids is 2. The highest BCUT2D eigenvalue weighted by Crippen LogP contribution is 2.35. The molecule has 5 aromatic rings. The van der Waals surface area contributed by atoms with Crippen LogP contribution in [0, 0.1) is 6.92 Å². The van der Waals surface area contributed by atoms with Crippen LogP contribution in [0.1, 0.15) is 44.6 Å². The van der Waals surface area contributed by atoms with E-state index in [0.717, 1.165) is 27.7 Å². The molecule has 0 aliphatic carbocycles. The number of urea groups is 1. The Hall–Kier alpha value is -5.44. The van der Waals surface area contributed by atoms with Crippen LogP contribution in [-0.4, -0.2) is 26.8 Å². The molecule has 5 rings (SSSR count). The molecule has 0 aliphatic rings. The molecular weight excluding hydrogens is 554 g/mol. The normalized spacial score (nSPS) is 11.2. The van der Waals surface area contributed by atoms with Crippen LogP contribution in [0.5, 0.6) is 11.5 Å². The zero-order chi connectivity index (χ0) is 31.4. The van der Waals surface area contributed by atoms with E-state index in [1.807, 2.05) is 61.5 Å². The van der Waals surface area contributed by atoms with Gasteiger partial charge in [0.2, 0.25) is 0 Å². The maximum absolute atomic E-state index is 13.3. The van der Waals surface area contributed by atoms with Crippen LogP contribution < -0.4 is 15.4 Å². The SMILES string of the molecule is C=C(C)OC(=O)Cc1cc(Oc2ccc(NC(=O)Nc3cc(C(C)(C)C)nn3-c3ccc(C)cc3)c3ccccc23)ccn1. The summed E-state index contributed by atoms with van der Waals surface area (Å²) >= 11 is 0. The first kappa shape index (κ1) is 30.0. The van der Waals surface area contributed by atoms with Crippen LogP contribution in [0.25, 0.3) is 16.5 Å². The molecule has 0 aliphatic heterocycles. The van der Waals surface area contributed by atoms with Crippen molar-refractivity contribution in [2.45, 2.75) is 46.5 Å². The van der Waals surface area contributed by atoms with Crippen LogP contribution in [0.2, 0.25) is 0 Å².